The van der Waals surface area contributed by atoms with Gasteiger partial charge in [0.25, 0.3) is 0 Å². The van der Waals surface area contributed by atoms with Crippen molar-refractivity contribution in [2.24, 2.45) is 0 Å². The Morgan fingerprint density at radius 2 is 1.95 bits per heavy atom. The molecule has 0 amide bonds. The molecule has 1 aliphatic heterocycles. The summed E-state index contributed by atoms with van der Waals surface area (Å²) in [4.78, 5) is 6.89. The molecule has 3 rings (SSSR count). The minimum Gasteiger partial charge on any atom is -0.284 e. The fourth-order valence-electron chi connectivity index (χ4n) is 2.53. The highest BCUT2D eigenvalue weighted by atomic mass is 79.9. The van der Waals surface area contributed by atoms with Gasteiger partial charge < -0.3 is 0 Å². The Morgan fingerprint density at radius 3 is 2.70 bits per heavy atom. The average molecular weight is 353 g/mol. The highest BCUT2D eigenvalue weighted by Gasteiger charge is 2.13. The van der Waals surface area contributed by atoms with Crippen molar-refractivity contribution in [1.82, 2.24) is 19.7 Å². The highest BCUT2D eigenvalue weighted by molar-refractivity contribution is 9.10. The Bertz CT molecular complexity index is 643. The third-order valence-electron chi connectivity index (χ3n) is 3.60. The molecule has 2 aromatic rings. The van der Waals surface area contributed by atoms with Gasteiger partial charge in [0.05, 0.1) is 6.67 Å². The Morgan fingerprint density at radius 1 is 1.20 bits per heavy atom. The summed E-state index contributed by atoms with van der Waals surface area (Å²) in [6.45, 7) is 3.09. The number of hydrogen-bond acceptors (Lipinski definition) is 3. The van der Waals surface area contributed by atoms with Crippen LogP contribution in [-0.2, 0) is 6.67 Å². The second kappa shape index (κ2) is 6.20. The van der Waals surface area contributed by atoms with E-state index in [1.54, 1.807) is 0 Å². The first kappa shape index (κ1) is 14.0. The Hall–Kier alpha value is -0.980. The molecule has 2 heterocycles. The molecule has 0 radical (unpaired) electrons. The summed E-state index contributed by atoms with van der Waals surface area (Å²) in [6.07, 6.45) is 3.89. The molecule has 1 saturated heterocycles. The molecule has 1 fully saturated rings. The lowest BCUT2D eigenvalue weighted by molar-refractivity contribution is 0.172. The lowest BCUT2D eigenvalue weighted by Gasteiger charge is -2.26. The van der Waals surface area contributed by atoms with E-state index in [2.05, 4.69) is 30.9 Å². The first-order valence-electron chi connectivity index (χ1n) is 6.88. The smallest absolute Gasteiger partial charge is 0.217 e. The van der Waals surface area contributed by atoms with Crippen LogP contribution in [-0.4, -0.2) is 32.8 Å². The van der Waals surface area contributed by atoms with E-state index in [0.29, 0.717) is 4.77 Å². The molecular weight excluding hydrogens is 336 g/mol. The molecule has 0 saturated carbocycles. The highest BCUT2D eigenvalue weighted by Crippen LogP contribution is 2.25. The molecule has 1 aromatic carbocycles. The van der Waals surface area contributed by atoms with Crippen molar-refractivity contribution < 1.29 is 0 Å². The largest absolute Gasteiger partial charge is 0.284 e. The van der Waals surface area contributed by atoms with E-state index in [0.717, 1.165) is 35.6 Å². The van der Waals surface area contributed by atoms with Gasteiger partial charge in [-0.3, -0.25) is 10.00 Å². The number of piperidine rings is 1. The Labute approximate surface area is 131 Å². The van der Waals surface area contributed by atoms with E-state index in [4.69, 9.17) is 12.2 Å². The molecule has 4 nitrogen and oxygen atoms in total. The molecule has 6 heteroatoms. The van der Waals surface area contributed by atoms with Crippen LogP contribution in [0, 0.1) is 4.77 Å². The van der Waals surface area contributed by atoms with Crippen molar-refractivity contribution in [2.45, 2.75) is 25.9 Å². The maximum atomic E-state index is 5.36. The predicted octanol–water partition coefficient (Wildman–Crippen LogP) is 3.81. The normalized spacial score (nSPS) is 16.4. The van der Waals surface area contributed by atoms with Gasteiger partial charge >= 0.3 is 0 Å². The molecule has 0 bridgehead atoms. The second-order valence-electron chi connectivity index (χ2n) is 5.08. The third-order valence-corrected chi connectivity index (χ3v) is 4.60. The molecule has 1 aliphatic rings. The van der Waals surface area contributed by atoms with E-state index in [-0.39, 0.29) is 0 Å². The zero-order chi connectivity index (χ0) is 13.9. The standard InChI is InChI=1S/C14H17BrN4S/c15-12-7-3-2-6-11(12)13-16-14(20)19(17-13)10-18-8-4-1-5-9-18/h2-3,6-7H,1,4-5,8-10H2,(H,16,17,20). The van der Waals surface area contributed by atoms with Crippen molar-refractivity contribution in [2.75, 3.05) is 13.1 Å². The number of rotatable bonds is 3. The van der Waals surface area contributed by atoms with Gasteiger partial charge in [0, 0.05) is 10.0 Å². The van der Waals surface area contributed by atoms with Gasteiger partial charge in [0.15, 0.2) is 5.82 Å². The number of hydrogen-bond donors (Lipinski definition) is 1. The van der Waals surface area contributed by atoms with Gasteiger partial charge in [0.2, 0.25) is 4.77 Å². The van der Waals surface area contributed by atoms with Gasteiger partial charge in [-0.25, -0.2) is 4.68 Å². The Kier molecular flexibility index (Phi) is 4.33. The molecule has 0 atom stereocenters. The minimum atomic E-state index is 0.612. The van der Waals surface area contributed by atoms with Crippen LogP contribution >= 0.6 is 28.1 Å². The maximum absolute atomic E-state index is 5.36. The number of aromatic amines is 1. The number of H-pyrrole nitrogens is 1. The monoisotopic (exact) mass is 352 g/mol. The van der Waals surface area contributed by atoms with E-state index < -0.39 is 0 Å². The summed E-state index contributed by atoms with van der Waals surface area (Å²) >= 11 is 8.91. The summed E-state index contributed by atoms with van der Waals surface area (Å²) in [5, 5.41) is 3.32. The van der Waals surface area contributed by atoms with Gasteiger partial charge in [-0.1, -0.05) is 40.5 Å². The van der Waals surface area contributed by atoms with Gasteiger partial charge in [-0.15, -0.1) is 0 Å². The predicted molar refractivity (Wildman–Crippen MR) is 86.0 cm³/mol. The number of benzene rings is 1. The number of aromatic nitrogens is 3. The van der Waals surface area contributed by atoms with Crippen LogP contribution in [0.4, 0.5) is 0 Å². The molecular formula is C14H17BrN4S. The van der Waals surface area contributed by atoms with E-state index >= 15 is 0 Å². The lowest BCUT2D eigenvalue weighted by atomic mass is 10.1. The fraction of sp³-hybridized carbons (Fsp3) is 0.429. The number of halogens is 1. The van der Waals surface area contributed by atoms with Crippen LogP contribution in [0.1, 0.15) is 19.3 Å². The zero-order valence-electron chi connectivity index (χ0n) is 11.2. The molecule has 106 valence electrons. The third kappa shape index (κ3) is 3.02. The van der Waals surface area contributed by atoms with Crippen molar-refractivity contribution in [3.05, 3.63) is 33.5 Å². The van der Waals surface area contributed by atoms with Crippen LogP contribution in [0.15, 0.2) is 28.7 Å². The fourth-order valence-corrected chi connectivity index (χ4v) is 3.19. The lowest BCUT2D eigenvalue weighted by Crippen LogP contribution is -2.32. The van der Waals surface area contributed by atoms with E-state index in [1.807, 2.05) is 28.9 Å². The molecule has 0 aliphatic carbocycles. The van der Waals surface area contributed by atoms with Gasteiger partial charge in [-0.2, -0.15) is 4.98 Å². The van der Waals surface area contributed by atoms with Crippen LogP contribution in [0.2, 0.25) is 0 Å². The molecule has 0 spiro atoms. The summed E-state index contributed by atoms with van der Waals surface area (Å²) < 4.78 is 3.59. The van der Waals surface area contributed by atoms with Gasteiger partial charge in [0.1, 0.15) is 0 Å². The second-order valence-corrected chi connectivity index (χ2v) is 6.30. The zero-order valence-corrected chi connectivity index (χ0v) is 13.6. The molecule has 0 unspecified atom stereocenters. The summed E-state index contributed by atoms with van der Waals surface area (Å²) in [5.41, 5.74) is 1.04. The number of nitrogens with zero attached hydrogens (tertiary/aromatic N) is 3. The van der Waals surface area contributed by atoms with Crippen LogP contribution in [0.3, 0.4) is 0 Å². The van der Waals surface area contributed by atoms with Crippen LogP contribution < -0.4 is 0 Å². The summed E-state index contributed by atoms with van der Waals surface area (Å²) in [6, 6.07) is 8.03. The van der Waals surface area contributed by atoms with Crippen molar-refractivity contribution in [3.63, 3.8) is 0 Å². The van der Waals surface area contributed by atoms with E-state index in [9.17, 15) is 0 Å². The summed E-state index contributed by atoms with van der Waals surface area (Å²) in [5.74, 6) is 0.819. The van der Waals surface area contributed by atoms with E-state index in [1.165, 1.54) is 19.3 Å². The minimum absolute atomic E-state index is 0.612. The van der Waals surface area contributed by atoms with Crippen molar-refractivity contribution in [3.8, 4) is 11.4 Å². The molecule has 1 N–H and O–H groups in total. The number of likely N-dealkylation sites (tertiary alicyclic amines) is 1. The van der Waals surface area contributed by atoms with Crippen molar-refractivity contribution in [1.29, 1.82) is 0 Å². The van der Waals surface area contributed by atoms with Crippen LogP contribution in [0.5, 0.6) is 0 Å². The summed E-state index contributed by atoms with van der Waals surface area (Å²) in [7, 11) is 0. The molecule has 1 aromatic heterocycles. The van der Waals surface area contributed by atoms with Gasteiger partial charge in [-0.05, 0) is 44.2 Å². The Balaban J connectivity index is 1.84. The first-order chi connectivity index (χ1) is 9.74. The SMILES string of the molecule is S=c1nc(-c2ccccc2Br)[nH]n1CN1CCCCC1. The van der Waals surface area contributed by atoms with Crippen molar-refractivity contribution >= 4 is 28.1 Å². The number of nitrogens with one attached hydrogen (secondary N) is 1. The topological polar surface area (TPSA) is 36.9 Å². The first-order valence-corrected chi connectivity index (χ1v) is 8.08. The quantitative estimate of drug-likeness (QED) is 0.853. The average Bonchev–Trinajstić information content (AvgIpc) is 2.81. The maximum Gasteiger partial charge on any atom is 0.217 e. The van der Waals surface area contributed by atoms with Crippen LogP contribution in [0.25, 0.3) is 11.4 Å². The molecule has 20 heavy (non-hydrogen) atoms.